The molecule has 0 spiro atoms. The van der Waals surface area contributed by atoms with Crippen LogP contribution in [0.5, 0.6) is 0 Å². The number of benzene rings is 1. The van der Waals surface area contributed by atoms with Gasteiger partial charge in [-0.3, -0.25) is 0 Å². The van der Waals surface area contributed by atoms with Crippen molar-refractivity contribution in [1.82, 2.24) is 0 Å². The van der Waals surface area contributed by atoms with Crippen LogP contribution in [0.1, 0.15) is 52.7 Å². The van der Waals surface area contributed by atoms with E-state index in [1.165, 1.54) is 11.1 Å². The maximum Gasteiger partial charge on any atom is -0.0132 e. The minimum Gasteiger partial charge on any atom is -0.0630 e. The lowest BCUT2D eigenvalue weighted by Gasteiger charge is -2.18. The van der Waals surface area contributed by atoms with Crippen LogP contribution < -0.4 is 0 Å². The number of rotatable bonds is 0. The molecule has 0 aliphatic rings. The van der Waals surface area contributed by atoms with Crippen LogP contribution in [-0.2, 0) is 5.41 Å². The molecule has 0 fully saturated rings. The average Bonchev–Trinajstić information content (AvgIpc) is 2.01. The highest BCUT2D eigenvalue weighted by Crippen LogP contribution is 2.21. The van der Waals surface area contributed by atoms with Crippen molar-refractivity contribution < 1.29 is 0 Å². The molecule has 1 rings (SSSR count). The second-order valence-electron chi connectivity index (χ2n) is 5.85. The molecule has 86 valence electrons. The van der Waals surface area contributed by atoms with Gasteiger partial charge in [0, 0.05) is 0 Å². The molecule has 0 N–H and O–H groups in total. The topological polar surface area (TPSA) is 0 Å². The van der Waals surface area contributed by atoms with Crippen LogP contribution in [0.3, 0.4) is 0 Å². The Morgan fingerprint density at radius 2 is 1.20 bits per heavy atom. The molecular weight excluding hydrogens is 180 g/mol. The average molecular weight is 206 g/mol. The summed E-state index contributed by atoms with van der Waals surface area (Å²) in [6.45, 7) is 15.3. The minimum absolute atomic E-state index is 0.285. The number of hydrogen-bond acceptors (Lipinski definition) is 0. The fourth-order valence-electron chi connectivity index (χ4n) is 1.05. The monoisotopic (exact) mass is 206 g/mol. The van der Waals surface area contributed by atoms with E-state index in [1.807, 2.05) is 0 Å². The lowest BCUT2D eigenvalue weighted by atomic mass is 9.87. The Hall–Kier alpha value is -0.780. The molecular formula is C15H26. The molecule has 0 saturated carbocycles. The molecule has 1 aromatic rings. The van der Waals surface area contributed by atoms with Gasteiger partial charge in [-0.25, -0.2) is 0 Å². The van der Waals surface area contributed by atoms with Gasteiger partial charge in [-0.1, -0.05) is 71.4 Å². The van der Waals surface area contributed by atoms with Crippen molar-refractivity contribution in [3.8, 4) is 0 Å². The maximum atomic E-state index is 2.23. The van der Waals surface area contributed by atoms with Gasteiger partial charge in [0.15, 0.2) is 0 Å². The van der Waals surface area contributed by atoms with E-state index >= 15 is 0 Å². The Kier molecular flexibility index (Phi) is 5.64. The lowest BCUT2D eigenvalue weighted by molar-refractivity contribution is 0.590. The molecule has 0 aliphatic heterocycles. The summed E-state index contributed by atoms with van der Waals surface area (Å²) in [5, 5.41) is 0. The highest BCUT2D eigenvalue weighted by molar-refractivity contribution is 5.26. The van der Waals surface area contributed by atoms with E-state index in [0.29, 0.717) is 0 Å². The van der Waals surface area contributed by atoms with Gasteiger partial charge in [0.1, 0.15) is 0 Å². The van der Waals surface area contributed by atoms with E-state index in [2.05, 4.69) is 72.7 Å². The van der Waals surface area contributed by atoms with Crippen molar-refractivity contribution in [3.63, 3.8) is 0 Å². The summed E-state index contributed by atoms with van der Waals surface area (Å²) in [6, 6.07) is 8.74. The molecule has 0 radical (unpaired) electrons. The quantitative estimate of drug-likeness (QED) is 0.563. The standard InChI is InChI=1S/C11H16.C4H10/c1-9-5-7-10(8-6-9)11(2,3)4;1-4(2)3/h5-8H,1-4H3;4H,1-3H3. The van der Waals surface area contributed by atoms with E-state index in [0.717, 1.165) is 5.92 Å². The van der Waals surface area contributed by atoms with Crippen molar-refractivity contribution in [2.75, 3.05) is 0 Å². The van der Waals surface area contributed by atoms with Crippen LogP contribution in [0, 0.1) is 12.8 Å². The fourth-order valence-corrected chi connectivity index (χ4v) is 1.05. The van der Waals surface area contributed by atoms with Crippen molar-refractivity contribution >= 4 is 0 Å². The Labute approximate surface area is 95.7 Å². The van der Waals surface area contributed by atoms with Gasteiger partial charge in [-0.15, -0.1) is 0 Å². The summed E-state index contributed by atoms with van der Waals surface area (Å²) in [5.41, 5.74) is 3.02. The van der Waals surface area contributed by atoms with Gasteiger partial charge in [0.05, 0.1) is 0 Å². The first-order chi connectivity index (χ1) is 6.73. The molecule has 0 amide bonds. The predicted molar refractivity (Wildman–Crippen MR) is 70.4 cm³/mol. The zero-order valence-electron chi connectivity index (χ0n) is 11.4. The van der Waals surface area contributed by atoms with Crippen LogP contribution in [0.4, 0.5) is 0 Å². The third-order valence-corrected chi connectivity index (χ3v) is 1.92. The summed E-state index contributed by atoms with van der Waals surface area (Å²) in [7, 11) is 0. The molecule has 0 bridgehead atoms. The Bertz CT molecular complexity index is 256. The first-order valence-corrected chi connectivity index (χ1v) is 5.80. The zero-order valence-corrected chi connectivity index (χ0v) is 11.4. The van der Waals surface area contributed by atoms with E-state index in [4.69, 9.17) is 0 Å². The Balaban J connectivity index is 0.000000423. The fraction of sp³-hybridized carbons (Fsp3) is 0.600. The third kappa shape index (κ3) is 7.18. The molecule has 0 atom stereocenters. The first kappa shape index (κ1) is 14.2. The van der Waals surface area contributed by atoms with Crippen LogP contribution in [0.2, 0.25) is 0 Å². The predicted octanol–water partition coefficient (Wildman–Crippen LogP) is 4.95. The minimum atomic E-state index is 0.285. The van der Waals surface area contributed by atoms with Crippen molar-refractivity contribution in [2.24, 2.45) is 5.92 Å². The van der Waals surface area contributed by atoms with Crippen LogP contribution >= 0.6 is 0 Å². The first-order valence-electron chi connectivity index (χ1n) is 5.80. The van der Waals surface area contributed by atoms with Crippen LogP contribution in [-0.4, -0.2) is 0 Å². The normalized spacial score (nSPS) is 10.9. The van der Waals surface area contributed by atoms with E-state index in [-0.39, 0.29) is 5.41 Å². The van der Waals surface area contributed by atoms with Gasteiger partial charge in [0.2, 0.25) is 0 Å². The molecule has 0 aromatic heterocycles. The number of hydrogen-bond donors (Lipinski definition) is 0. The van der Waals surface area contributed by atoms with Gasteiger partial charge in [-0.2, -0.15) is 0 Å². The smallest absolute Gasteiger partial charge is 0.0132 e. The van der Waals surface area contributed by atoms with Gasteiger partial charge in [0.25, 0.3) is 0 Å². The highest BCUT2D eigenvalue weighted by atomic mass is 14.2. The van der Waals surface area contributed by atoms with Crippen LogP contribution in [0.25, 0.3) is 0 Å². The molecule has 0 heteroatoms. The van der Waals surface area contributed by atoms with Gasteiger partial charge in [-0.05, 0) is 23.8 Å². The van der Waals surface area contributed by atoms with Crippen molar-refractivity contribution in [1.29, 1.82) is 0 Å². The second-order valence-corrected chi connectivity index (χ2v) is 5.85. The Morgan fingerprint density at radius 3 is 1.47 bits per heavy atom. The highest BCUT2D eigenvalue weighted by Gasteiger charge is 2.11. The van der Waals surface area contributed by atoms with Crippen LogP contribution in [0.15, 0.2) is 24.3 Å². The van der Waals surface area contributed by atoms with Gasteiger partial charge >= 0.3 is 0 Å². The molecule has 0 saturated heterocycles. The van der Waals surface area contributed by atoms with E-state index in [1.54, 1.807) is 0 Å². The summed E-state index contributed by atoms with van der Waals surface area (Å²) in [6.07, 6.45) is 0. The summed E-state index contributed by atoms with van der Waals surface area (Å²) >= 11 is 0. The van der Waals surface area contributed by atoms with Gasteiger partial charge < -0.3 is 0 Å². The van der Waals surface area contributed by atoms with E-state index in [9.17, 15) is 0 Å². The Morgan fingerprint density at radius 1 is 0.867 bits per heavy atom. The largest absolute Gasteiger partial charge is 0.0630 e. The summed E-state index contributed by atoms with van der Waals surface area (Å²) in [5.74, 6) is 0.833. The van der Waals surface area contributed by atoms with E-state index < -0.39 is 0 Å². The zero-order chi connectivity index (χ0) is 12.1. The molecule has 1 aromatic carbocycles. The van der Waals surface area contributed by atoms with Crippen molar-refractivity contribution in [2.45, 2.75) is 53.9 Å². The summed E-state index contributed by atoms with van der Waals surface area (Å²) < 4.78 is 0. The second kappa shape index (κ2) is 5.95. The maximum absolute atomic E-state index is 2.23. The molecule has 0 nitrogen and oxygen atoms in total. The lowest BCUT2D eigenvalue weighted by Crippen LogP contribution is -2.10. The molecule has 0 heterocycles. The molecule has 0 unspecified atom stereocenters. The molecule has 15 heavy (non-hydrogen) atoms. The summed E-state index contributed by atoms with van der Waals surface area (Å²) in [4.78, 5) is 0. The number of aryl methyl sites for hydroxylation is 1. The molecule has 0 aliphatic carbocycles. The SMILES string of the molecule is CC(C)C.Cc1ccc(C(C)(C)C)cc1. The third-order valence-electron chi connectivity index (χ3n) is 1.92. The van der Waals surface area contributed by atoms with Crippen molar-refractivity contribution in [3.05, 3.63) is 35.4 Å².